The number of morpholine rings is 1. The first-order valence-electron chi connectivity index (χ1n) is 8.44. The number of phenolic OH excluding ortho intramolecular Hbond substituents is 1. The van der Waals surface area contributed by atoms with E-state index in [1.165, 1.54) is 6.20 Å². The zero-order valence-electron chi connectivity index (χ0n) is 15.1. The lowest BCUT2D eigenvalue weighted by Crippen LogP contribution is -2.46. The van der Waals surface area contributed by atoms with Crippen LogP contribution >= 0.6 is 0 Å². The van der Waals surface area contributed by atoms with Crippen molar-refractivity contribution in [3.63, 3.8) is 0 Å². The average molecular weight is 394 g/mol. The van der Waals surface area contributed by atoms with Crippen molar-refractivity contribution in [2.45, 2.75) is 18.1 Å². The SMILES string of the molecule is Cc1nc(S(=O)(=O)NCC(=O)N2CCOC(c3cccc(O)c3)C2)cn1C. The highest BCUT2D eigenvalue weighted by Crippen LogP contribution is 2.24. The van der Waals surface area contributed by atoms with Crippen LogP contribution in [0, 0.1) is 6.92 Å². The van der Waals surface area contributed by atoms with E-state index in [0.29, 0.717) is 19.0 Å². The molecule has 0 spiro atoms. The molecule has 0 aliphatic carbocycles. The third kappa shape index (κ3) is 4.46. The molecule has 1 fully saturated rings. The summed E-state index contributed by atoms with van der Waals surface area (Å²) in [6.07, 6.45) is 1.03. The van der Waals surface area contributed by atoms with Crippen molar-refractivity contribution in [2.24, 2.45) is 7.05 Å². The van der Waals surface area contributed by atoms with Gasteiger partial charge >= 0.3 is 0 Å². The smallest absolute Gasteiger partial charge is 0.260 e. The Labute approximate surface area is 157 Å². The number of aromatic nitrogens is 2. The van der Waals surface area contributed by atoms with Crippen LogP contribution in [-0.4, -0.2) is 60.1 Å². The number of phenols is 1. The highest BCUT2D eigenvalue weighted by atomic mass is 32.2. The summed E-state index contributed by atoms with van der Waals surface area (Å²) in [5.74, 6) is 0.335. The third-order valence-corrected chi connectivity index (χ3v) is 5.71. The Morgan fingerprint density at radius 2 is 2.22 bits per heavy atom. The Bertz CT molecular complexity index is 921. The number of ether oxygens (including phenoxy) is 1. The second-order valence-electron chi connectivity index (χ2n) is 6.36. The predicted octanol–water partition coefficient (Wildman–Crippen LogP) is 0.313. The van der Waals surface area contributed by atoms with Gasteiger partial charge in [-0.3, -0.25) is 4.79 Å². The van der Waals surface area contributed by atoms with Crippen LogP contribution in [0.2, 0.25) is 0 Å². The molecular formula is C17H22N4O5S. The molecule has 1 unspecified atom stereocenters. The van der Waals surface area contributed by atoms with E-state index < -0.39 is 10.0 Å². The number of aromatic hydroxyl groups is 1. The molecule has 1 aliphatic rings. The average Bonchev–Trinajstić information content (AvgIpc) is 2.99. The Balaban J connectivity index is 1.62. The van der Waals surface area contributed by atoms with E-state index in [4.69, 9.17) is 4.74 Å². The molecule has 2 N–H and O–H groups in total. The van der Waals surface area contributed by atoms with Gasteiger partial charge in [-0.25, -0.2) is 18.1 Å². The number of carbonyl (C=O) groups excluding carboxylic acids is 1. The second kappa shape index (κ2) is 7.67. The van der Waals surface area contributed by atoms with Crippen LogP contribution in [0.25, 0.3) is 0 Å². The van der Waals surface area contributed by atoms with Crippen LogP contribution in [-0.2, 0) is 26.6 Å². The lowest BCUT2D eigenvalue weighted by Gasteiger charge is -2.33. The van der Waals surface area contributed by atoms with E-state index in [2.05, 4.69) is 9.71 Å². The molecule has 1 amide bonds. The van der Waals surface area contributed by atoms with Crippen molar-refractivity contribution in [1.29, 1.82) is 0 Å². The summed E-state index contributed by atoms with van der Waals surface area (Å²) in [6.45, 7) is 2.33. The fourth-order valence-corrected chi connectivity index (χ4v) is 3.81. The summed E-state index contributed by atoms with van der Waals surface area (Å²) in [5.41, 5.74) is 0.761. The largest absolute Gasteiger partial charge is 0.508 e. The number of nitrogens with zero attached hydrogens (tertiary/aromatic N) is 3. The van der Waals surface area contributed by atoms with Gasteiger partial charge in [-0.1, -0.05) is 12.1 Å². The van der Waals surface area contributed by atoms with E-state index in [9.17, 15) is 18.3 Å². The number of carbonyl (C=O) groups is 1. The monoisotopic (exact) mass is 394 g/mol. The first kappa shape index (κ1) is 19.3. The van der Waals surface area contributed by atoms with E-state index >= 15 is 0 Å². The predicted molar refractivity (Wildman–Crippen MR) is 96.5 cm³/mol. The van der Waals surface area contributed by atoms with Crippen molar-refractivity contribution in [3.8, 4) is 5.75 Å². The van der Waals surface area contributed by atoms with Crippen LogP contribution in [0.5, 0.6) is 5.75 Å². The number of hydrogen-bond acceptors (Lipinski definition) is 6. The number of nitrogens with one attached hydrogen (secondary N) is 1. The zero-order chi connectivity index (χ0) is 19.6. The Kier molecular flexibility index (Phi) is 5.49. The molecule has 10 heteroatoms. The summed E-state index contributed by atoms with van der Waals surface area (Å²) >= 11 is 0. The minimum atomic E-state index is -3.86. The van der Waals surface area contributed by atoms with Crippen molar-refractivity contribution < 1.29 is 23.1 Å². The van der Waals surface area contributed by atoms with Crippen molar-refractivity contribution in [2.75, 3.05) is 26.2 Å². The van der Waals surface area contributed by atoms with Gasteiger partial charge in [0, 0.05) is 19.8 Å². The maximum atomic E-state index is 12.5. The highest BCUT2D eigenvalue weighted by Gasteiger charge is 2.27. The van der Waals surface area contributed by atoms with Crippen LogP contribution < -0.4 is 4.72 Å². The number of aryl methyl sites for hydroxylation is 2. The first-order chi connectivity index (χ1) is 12.8. The molecule has 1 atom stereocenters. The molecule has 146 valence electrons. The van der Waals surface area contributed by atoms with Gasteiger partial charge in [0.2, 0.25) is 5.91 Å². The maximum absolute atomic E-state index is 12.5. The van der Waals surface area contributed by atoms with Crippen LogP contribution in [0.4, 0.5) is 0 Å². The fourth-order valence-electron chi connectivity index (χ4n) is 2.80. The van der Waals surface area contributed by atoms with E-state index in [1.54, 1.807) is 41.6 Å². The zero-order valence-corrected chi connectivity index (χ0v) is 15.9. The van der Waals surface area contributed by atoms with Gasteiger partial charge in [-0.15, -0.1) is 0 Å². The molecule has 0 radical (unpaired) electrons. The number of imidazole rings is 1. The van der Waals surface area contributed by atoms with Crippen LogP contribution in [0.3, 0.4) is 0 Å². The Morgan fingerprint density at radius 1 is 1.44 bits per heavy atom. The minimum Gasteiger partial charge on any atom is -0.508 e. The molecule has 0 saturated carbocycles. The van der Waals surface area contributed by atoms with Crippen molar-refractivity contribution >= 4 is 15.9 Å². The molecule has 2 heterocycles. The molecule has 27 heavy (non-hydrogen) atoms. The molecule has 0 bridgehead atoms. The molecule has 3 rings (SSSR count). The third-order valence-electron chi connectivity index (χ3n) is 4.44. The van der Waals surface area contributed by atoms with Gasteiger partial charge in [-0.05, 0) is 24.6 Å². The number of amides is 1. The van der Waals surface area contributed by atoms with E-state index in [0.717, 1.165) is 5.56 Å². The van der Waals surface area contributed by atoms with Gasteiger partial charge < -0.3 is 19.3 Å². The topological polar surface area (TPSA) is 114 Å². The standard InChI is InChI=1S/C17H22N4O5S/c1-12-19-16(11-20(12)2)27(24,25)18-9-17(23)21-6-7-26-15(10-21)13-4-3-5-14(22)8-13/h3-5,8,11,15,18,22H,6-7,9-10H2,1-2H3. The maximum Gasteiger partial charge on any atom is 0.260 e. The molecule has 1 aromatic heterocycles. The number of benzene rings is 1. The Morgan fingerprint density at radius 3 is 2.89 bits per heavy atom. The lowest BCUT2D eigenvalue weighted by atomic mass is 10.1. The highest BCUT2D eigenvalue weighted by molar-refractivity contribution is 7.89. The first-order valence-corrected chi connectivity index (χ1v) is 9.92. The van der Waals surface area contributed by atoms with Crippen molar-refractivity contribution in [3.05, 3.63) is 41.9 Å². The summed E-state index contributed by atoms with van der Waals surface area (Å²) < 4.78 is 34.2. The van der Waals surface area contributed by atoms with Crippen LogP contribution in [0.1, 0.15) is 17.5 Å². The Hall–Kier alpha value is -2.43. The number of hydrogen-bond donors (Lipinski definition) is 2. The number of rotatable bonds is 5. The molecule has 2 aromatic rings. The van der Waals surface area contributed by atoms with Gasteiger partial charge in [0.1, 0.15) is 17.7 Å². The molecule has 1 saturated heterocycles. The molecule has 1 aliphatic heterocycles. The van der Waals surface area contributed by atoms with Gasteiger partial charge in [0.05, 0.1) is 19.7 Å². The lowest BCUT2D eigenvalue weighted by molar-refractivity contribution is -0.137. The van der Waals surface area contributed by atoms with Gasteiger partial charge in [0.25, 0.3) is 10.0 Å². The van der Waals surface area contributed by atoms with E-state index in [1.807, 2.05) is 6.07 Å². The van der Waals surface area contributed by atoms with E-state index in [-0.39, 0.29) is 35.9 Å². The molecule has 9 nitrogen and oxygen atoms in total. The van der Waals surface area contributed by atoms with Gasteiger partial charge in [0.15, 0.2) is 5.03 Å². The minimum absolute atomic E-state index is 0.116. The second-order valence-corrected chi connectivity index (χ2v) is 8.07. The van der Waals surface area contributed by atoms with Gasteiger partial charge in [-0.2, -0.15) is 0 Å². The summed E-state index contributed by atoms with van der Waals surface area (Å²) in [5, 5.41) is 9.49. The fraction of sp³-hybridized carbons (Fsp3) is 0.412. The van der Waals surface area contributed by atoms with Crippen molar-refractivity contribution in [1.82, 2.24) is 19.2 Å². The molecule has 1 aromatic carbocycles. The normalized spacial score (nSPS) is 17.9. The summed E-state index contributed by atoms with van der Waals surface area (Å²) in [4.78, 5) is 18.0. The van der Waals surface area contributed by atoms with Crippen LogP contribution in [0.15, 0.2) is 35.5 Å². The molecular weight excluding hydrogens is 372 g/mol. The summed E-state index contributed by atoms with van der Waals surface area (Å²) in [6, 6.07) is 6.66. The quantitative estimate of drug-likeness (QED) is 0.755. The summed E-state index contributed by atoms with van der Waals surface area (Å²) in [7, 11) is -2.16. The number of sulfonamides is 1.